The fraction of sp³-hybridized carbons (Fsp3) is 0.556. The average Bonchev–Trinajstić information content (AvgIpc) is 2.97. The topological polar surface area (TPSA) is 66.4 Å². The minimum atomic E-state index is -0.749. The molecule has 2 rings (SSSR count). The Labute approximate surface area is 142 Å². The molecular formula is C18H25NO3S. The third-order valence-corrected chi connectivity index (χ3v) is 5.88. The number of carboxylic acid groups (broad SMARTS) is 1. The van der Waals surface area contributed by atoms with Crippen molar-refractivity contribution in [2.24, 2.45) is 11.8 Å². The van der Waals surface area contributed by atoms with Gasteiger partial charge in [0, 0.05) is 11.8 Å². The van der Waals surface area contributed by atoms with E-state index in [9.17, 15) is 9.59 Å². The second-order valence-corrected chi connectivity index (χ2v) is 7.64. The van der Waals surface area contributed by atoms with Gasteiger partial charge in [0.15, 0.2) is 0 Å². The number of benzene rings is 1. The summed E-state index contributed by atoms with van der Waals surface area (Å²) in [5.74, 6) is 0.0206. The third kappa shape index (κ3) is 5.27. The zero-order valence-corrected chi connectivity index (χ0v) is 14.5. The van der Waals surface area contributed by atoms with E-state index in [1.54, 1.807) is 11.8 Å². The molecule has 1 saturated carbocycles. The maximum absolute atomic E-state index is 12.6. The largest absolute Gasteiger partial charge is 0.481 e. The van der Waals surface area contributed by atoms with Crippen molar-refractivity contribution in [3.8, 4) is 0 Å². The van der Waals surface area contributed by atoms with Gasteiger partial charge < -0.3 is 10.4 Å². The maximum Gasteiger partial charge on any atom is 0.306 e. The first kappa shape index (κ1) is 17.9. The lowest BCUT2D eigenvalue weighted by Crippen LogP contribution is -2.41. The predicted molar refractivity (Wildman–Crippen MR) is 93.3 cm³/mol. The van der Waals surface area contributed by atoms with Crippen molar-refractivity contribution < 1.29 is 14.7 Å². The highest BCUT2D eigenvalue weighted by atomic mass is 32.2. The maximum atomic E-state index is 12.6. The first-order valence-electron chi connectivity index (χ1n) is 8.16. The van der Waals surface area contributed by atoms with Crippen LogP contribution in [0.25, 0.3) is 0 Å². The van der Waals surface area contributed by atoms with Gasteiger partial charge in [-0.25, -0.2) is 0 Å². The van der Waals surface area contributed by atoms with Crippen LogP contribution in [0.2, 0.25) is 0 Å². The molecule has 23 heavy (non-hydrogen) atoms. The summed E-state index contributed by atoms with van der Waals surface area (Å²) >= 11 is 1.65. The lowest BCUT2D eigenvalue weighted by atomic mass is 10.1. The van der Waals surface area contributed by atoms with E-state index >= 15 is 0 Å². The molecule has 1 aliphatic rings. The monoisotopic (exact) mass is 335 g/mol. The number of hydrogen-bond acceptors (Lipinski definition) is 3. The van der Waals surface area contributed by atoms with Crippen LogP contribution >= 0.6 is 11.8 Å². The van der Waals surface area contributed by atoms with Crippen molar-refractivity contribution in [2.45, 2.75) is 50.2 Å². The van der Waals surface area contributed by atoms with Crippen LogP contribution in [-0.2, 0) is 15.3 Å². The Morgan fingerprint density at radius 3 is 2.52 bits per heavy atom. The van der Waals surface area contributed by atoms with Gasteiger partial charge in [-0.15, -0.1) is 11.8 Å². The summed E-state index contributed by atoms with van der Waals surface area (Å²) in [5.41, 5.74) is 1.21. The Bertz CT molecular complexity index is 532. The molecule has 1 aromatic carbocycles. The van der Waals surface area contributed by atoms with E-state index in [0.29, 0.717) is 12.8 Å². The zero-order valence-electron chi connectivity index (χ0n) is 13.7. The van der Waals surface area contributed by atoms with Gasteiger partial charge >= 0.3 is 5.97 Å². The van der Waals surface area contributed by atoms with E-state index in [1.807, 2.05) is 18.2 Å². The van der Waals surface area contributed by atoms with Crippen molar-refractivity contribution in [1.82, 2.24) is 5.32 Å². The molecule has 126 valence electrons. The predicted octanol–water partition coefficient (Wildman–Crippen LogP) is 3.31. The molecule has 5 heteroatoms. The van der Waals surface area contributed by atoms with Crippen LogP contribution in [0, 0.1) is 11.8 Å². The smallest absolute Gasteiger partial charge is 0.306 e. The van der Waals surface area contributed by atoms with Crippen LogP contribution in [0.3, 0.4) is 0 Å². The summed E-state index contributed by atoms with van der Waals surface area (Å²) < 4.78 is 0. The van der Waals surface area contributed by atoms with Crippen LogP contribution in [-0.4, -0.2) is 28.3 Å². The highest BCUT2D eigenvalue weighted by Gasteiger charge is 2.32. The minimum Gasteiger partial charge on any atom is -0.481 e. The second kappa shape index (κ2) is 8.39. The van der Waals surface area contributed by atoms with Gasteiger partial charge in [-0.3, -0.25) is 9.59 Å². The quantitative estimate of drug-likeness (QED) is 0.802. The molecule has 2 N–H and O–H groups in total. The second-order valence-electron chi connectivity index (χ2n) is 6.51. The number of hydrogen-bond donors (Lipinski definition) is 2. The van der Waals surface area contributed by atoms with Gasteiger partial charge in [0.2, 0.25) is 5.91 Å². The molecule has 1 aliphatic carbocycles. The van der Waals surface area contributed by atoms with E-state index < -0.39 is 5.97 Å². The number of rotatable bonds is 7. The van der Waals surface area contributed by atoms with E-state index in [1.165, 1.54) is 5.56 Å². The molecule has 3 atom stereocenters. The summed E-state index contributed by atoms with van der Waals surface area (Å²) in [6.07, 6.45) is 1.97. The Kier molecular flexibility index (Phi) is 6.51. The number of carboxylic acids is 1. The van der Waals surface area contributed by atoms with Gasteiger partial charge in [-0.1, -0.05) is 44.2 Å². The molecule has 1 fully saturated rings. The van der Waals surface area contributed by atoms with E-state index in [0.717, 1.165) is 12.2 Å². The number of aliphatic carboxylic acids is 1. The van der Waals surface area contributed by atoms with Gasteiger partial charge in [0.25, 0.3) is 0 Å². The van der Waals surface area contributed by atoms with Crippen molar-refractivity contribution in [3.05, 3.63) is 35.9 Å². The molecule has 0 heterocycles. The summed E-state index contributed by atoms with van der Waals surface area (Å²) in [4.78, 5) is 23.6. The third-order valence-electron chi connectivity index (χ3n) is 4.26. The number of thioether (sulfide) groups is 1. The summed E-state index contributed by atoms with van der Waals surface area (Å²) in [6.45, 7) is 4.11. The fourth-order valence-corrected chi connectivity index (χ4v) is 4.12. The van der Waals surface area contributed by atoms with Crippen LogP contribution in [0.5, 0.6) is 0 Å². The Hall–Kier alpha value is -1.49. The van der Waals surface area contributed by atoms with Crippen molar-refractivity contribution in [3.63, 3.8) is 0 Å². The fourth-order valence-electron chi connectivity index (χ4n) is 2.95. The van der Waals surface area contributed by atoms with Gasteiger partial charge in [-0.05, 0) is 30.7 Å². The lowest BCUT2D eigenvalue weighted by molar-refractivity contribution is -0.141. The molecular weight excluding hydrogens is 310 g/mol. The summed E-state index contributed by atoms with van der Waals surface area (Å²) in [6, 6.07) is 10.1. The van der Waals surface area contributed by atoms with Crippen LogP contribution in [0.4, 0.5) is 0 Å². The first-order chi connectivity index (χ1) is 11.0. The number of nitrogens with one attached hydrogen (secondary N) is 1. The lowest BCUT2D eigenvalue weighted by Gasteiger charge is -2.22. The van der Waals surface area contributed by atoms with E-state index in [4.69, 9.17) is 5.11 Å². The van der Waals surface area contributed by atoms with Crippen LogP contribution < -0.4 is 5.32 Å². The number of amides is 1. The number of carbonyl (C=O) groups excluding carboxylic acids is 1. The highest BCUT2D eigenvalue weighted by Crippen LogP contribution is 2.28. The molecule has 0 aromatic heterocycles. The Morgan fingerprint density at radius 2 is 1.96 bits per heavy atom. The molecule has 4 nitrogen and oxygen atoms in total. The molecule has 0 bridgehead atoms. The molecule has 0 aliphatic heterocycles. The molecule has 1 aromatic rings. The minimum absolute atomic E-state index is 0.00201. The zero-order chi connectivity index (χ0) is 16.8. The summed E-state index contributed by atoms with van der Waals surface area (Å²) in [7, 11) is 0. The summed E-state index contributed by atoms with van der Waals surface area (Å²) in [5, 5.41) is 12.0. The average molecular weight is 335 g/mol. The van der Waals surface area contributed by atoms with Crippen molar-refractivity contribution >= 4 is 23.6 Å². The van der Waals surface area contributed by atoms with Gasteiger partial charge in [-0.2, -0.15) is 0 Å². The standard InChI is InChI=1S/C18H25NO3S/c1-12(2)16(23-11-13-6-4-3-5-7-13)17(20)19-15-9-8-14(10-15)18(21)22/h3-7,12,14-16H,8-11H2,1-2H3,(H,19,20)(H,21,22)/t14-,15+,16?/m1/s1. The SMILES string of the molecule is CC(C)C(SCc1ccccc1)C(=O)N[C@H]1CC[C@@H](C(=O)O)C1. The van der Waals surface area contributed by atoms with Crippen molar-refractivity contribution in [1.29, 1.82) is 0 Å². The molecule has 0 saturated heterocycles. The van der Waals surface area contributed by atoms with E-state index in [2.05, 4.69) is 31.3 Å². The van der Waals surface area contributed by atoms with Crippen LogP contribution in [0.1, 0.15) is 38.7 Å². The highest BCUT2D eigenvalue weighted by molar-refractivity contribution is 7.99. The van der Waals surface area contributed by atoms with Crippen molar-refractivity contribution in [2.75, 3.05) is 0 Å². The Balaban J connectivity index is 1.87. The first-order valence-corrected chi connectivity index (χ1v) is 9.21. The molecule has 1 unspecified atom stereocenters. The molecule has 1 amide bonds. The molecule has 0 radical (unpaired) electrons. The normalized spacial score (nSPS) is 22.0. The van der Waals surface area contributed by atoms with Gasteiger partial charge in [0.1, 0.15) is 0 Å². The molecule has 0 spiro atoms. The Morgan fingerprint density at radius 1 is 1.26 bits per heavy atom. The van der Waals surface area contributed by atoms with Gasteiger partial charge in [0.05, 0.1) is 11.2 Å². The van der Waals surface area contributed by atoms with E-state index in [-0.39, 0.29) is 29.0 Å². The number of carbonyl (C=O) groups is 2. The van der Waals surface area contributed by atoms with Crippen LogP contribution in [0.15, 0.2) is 30.3 Å².